The molecule has 5 rings (SSSR count). The number of anilines is 1. The van der Waals surface area contributed by atoms with Crippen molar-refractivity contribution < 1.29 is 19.0 Å². The van der Waals surface area contributed by atoms with Crippen molar-refractivity contribution in [2.75, 3.05) is 25.5 Å². The van der Waals surface area contributed by atoms with Gasteiger partial charge in [-0.25, -0.2) is 18.4 Å². The summed E-state index contributed by atoms with van der Waals surface area (Å²) in [6, 6.07) is 7.41. The van der Waals surface area contributed by atoms with E-state index in [9.17, 15) is 9.18 Å². The van der Waals surface area contributed by atoms with Gasteiger partial charge in [0.05, 0.1) is 25.2 Å². The second kappa shape index (κ2) is 8.43. The van der Waals surface area contributed by atoms with Crippen LogP contribution in [-0.2, 0) is 0 Å². The summed E-state index contributed by atoms with van der Waals surface area (Å²) in [5.41, 5.74) is 4.22. The molecule has 1 amide bonds. The number of carbonyl (C=O) groups is 1. The predicted molar refractivity (Wildman–Crippen MR) is 123 cm³/mol. The van der Waals surface area contributed by atoms with Crippen molar-refractivity contribution in [3.8, 4) is 17.0 Å². The summed E-state index contributed by atoms with van der Waals surface area (Å²) in [6.45, 7) is 4.15. The van der Waals surface area contributed by atoms with Crippen LogP contribution in [0.2, 0.25) is 0 Å². The molecule has 178 valence electrons. The third-order valence-corrected chi connectivity index (χ3v) is 6.07. The molecule has 4 heterocycles. The summed E-state index contributed by atoms with van der Waals surface area (Å²) in [5.74, 6) is 0.548. The summed E-state index contributed by atoms with van der Waals surface area (Å²) in [5, 5.41) is 25.1. The van der Waals surface area contributed by atoms with E-state index in [1.54, 1.807) is 10.7 Å². The molecule has 0 spiro atoms. The van der Waals surface area contributed by atoms with Crippen molar-refractivity contribution in [3.63, 3.8) is 0 Å². The molecule has 0 radical (unpaired) electrons. The molecule has 2 atom stereocenters. The number of hydrogen-bond donors (Lipinski definition) is 2. The third kappa shape index (κ3) is 3.74. The summed E-state index contributed by atoms with van der Waals surface area (Å²) in [6.07, 6.45) is -0.388. The van der Waals surface area contributed by atoms with Gasteiger partial charge >= 0.3 is 6.09 Å². The maximum atomic E-state index is 14.6. The fourth-order valence-corrected chi connectivity index (χ4v) is 4.32. The Balaban J connectivity index is 1.48. The lowest BCUT2D eigenvalue weighted by Crippen LogP contribution is -2.49. The van der Waals surface area contributed by atoms with Gasteiger partial charge in [-0.3, -0.25) is 0 Å². The number of hydrogen-bond acceptors (Lipinski definition) is 7. The number of rotatable bonds is 5. The molecule has 0 saturated carbocycles. The number of likely N-dealkylation sites (tertiary alicyclic amines) is 1. The van der Waals surface area contributed by atoms with E-state index in [2.05, 4.69) is 25.7 Å². The fraction of sp³-hybridized carbons (Fsp3) is 0.409. The SMILES string of the molecule is COc1nc(N[C@H]2CCN(C(=O)O)C[C@H]2F)nn2ccc(-c3ccc4nnn(C(C)C)c4c3)c12. The Bertz CT molecular complexity index is 1370. The average molecular weight is 468 g/mol. The van der Waals surface area contributed by atoms with Crippen molar-refractivity contribution >= 4 is 28.6 Å². The molecular weight excluding hydrogens is 443 g/mol. The lowest BCUT2D eigenvalue weighted by Gasteiger charge is -2.33. The summed E-state index contributed by atoms with van der Waals surface area (Å²) in [4.78, 5) is 16.6. The van der Waals surface area contributed by atoms with Gasteiger partial charge < -0.3 is 20.1 Å². The molecule has 1 aliphatic heterocycles. The van der Waals surface area contributed by atoms with Crippen molar-refractivity contribution in [2.45, 2.75) is 38.5 Å². The molecule has 4 aromatic rings. The number of alkyl halides is 1. The number of carboxylic acid groups (broad SMARTS) is 1. The molecule has 1 aromatic carbocycles. The number of piperidine rings is 1. The summed E-state index contributed by atoms with van der Waals surface area (Å²) in [7, 11) is 1.52. The first-order valence-corrected chi connectivity index (χ1v) is 11.0. The molecule has 2 N–H and O–H groups in total. The number of fused-ring (bicyclic) bond motifs is 2. The maximum absolute atomic E-state index is 14.6. The van der Waals surface area contributed by atoms with Gasteiger partial charge in [-0.15, -0.1) is 10.2 Å². The molecule has 1 fully saturated rings. The Hall–Kier alpha value is -3.96. The van der Waals surface area contributed by atoms with E-state index in [4.69, 9.17) is 9.84 Å². The first kappa shape index (κ1) is 21.9. The van der Waals surface area contributed by atoms with Crippen LogP contribution in [0, 0.1) is 0 Å². The van der Waals surface area contributed by atoms with Gasteiger partial charge in [0.1, 0.15) is 17.2 Å². The van der Waals surface area contributed by atoms with E-state index in [0.29, 0.717) is 17.8 Å². The number of benzene rings is 1. The van der Waals surface area contributed by atoms with Crippen LogP contribution in [0.15, 0.2) is 30.5 Å². The van der Waals surface area contributed by atoms with Crippen molar-refractivity contribution in [3.05, 3.63) is 30.5 Å². The smallest absolute Gasteiger partial charge is 0.407 e. The normalized spacial score (nSPS) is 18.7. The number of ether oxygens (including phenoxy) is 1. The molecule has 34 heavy (non-hydrogen) atoms. The topological polar surface area (TPSA) is 123 Å². The second-order valence-electron chi connectivity index (χ2n) is 8.58. The van der Waals surface area contributed by atoms with Gasteiger partial charge in [-0.1, -0.05) is 11.3 Å². The molecule has 3 aromatic heterocycles. The highest BCUT2D eigenvalue weighted by molar-refractivity contribution is 5.89. The highest BCUT2D eigenvalue weighted by Crippen LogP contribution is 2.33. The van der Waals surface area contributed by atoms with E-state index >= 15 is 0 Å². The standard InChI is InChI=1S/C22H25FN8O3/c1-12(2)31-18-10-13(4-5-17(18)26-28-31)14-6-9-30-19(14)20(34-3)25-21(27-30)24-16-7-8-29(22(32)33)11-15(16)23/h4-6,9-10,12,15-16H,7-8,11H2,1-3H3,(H,24,27)(H,32,33)/t15-,16+/m1/s1. The quantitative estimate of drug-likeness (QED) is 0.458. The molecule has 1 aliphatic rings. The van der Waals surface area contributed by atoms with E-state index < -0.39 is 18.3 Å². The lowest BCUT2D eigenvalue weighted by molar-refractivity contribution is 0.101. The first-order chi connectivity index (χ1) is 16.4. The maximum Gasteiger partial charge on any atom is 0.407 e. The third-order valence-electron chi connectivity index (χ3n) is 6.07. The number of nitrogens with zero attached hydrogens (tertiary/aromatic N) is 7. The van der Waals surface area contributed by atoms with Crippen LogP contribution in [0.3, 0.4) is 0 Å². The zero-order valence-electron chi connectivity index (χ0n) is 19.0. The zero-order valence-corrected chi connectivity index (χ0v) is 19.0. The highest BCUT2D eigenvalue weighted by atomic mass is 19.1. The van der Waals surface area contributed by atoms with E-state index in [1.807, 2.05) is 42.8 Å². The molecule has 0 bridgehead atoms. The fourth-order valence-electron chi connectivity index (χ4n) is 4.32. The molecule has 11 nitrogen and oxygen atoms in total. The van der Waals surface area contributed by atoms with E-state index in [1.165, 1.54) is 7.11 Å². The van der Waals surface area contributed by atoms with Crippen LogP contribution >= 0.6 is 0 Å². The number of aromatic nitrogens is 6. The van der Waals surface area contributed by atoms with Crippen LogP contribution in [0.4, 0.5) is 15.1 Å². The predicted octanol–water partition coefficient (Wildman–Crippen LogP) is 3.23. The van der Waals surface area contributed by atoms with Crippen molar-refractivity contribution in [1.29, 1.82) is 0 Å². The molecular formula is C22H25FN8O3. The Kier molecular flexibility index (Phi) is 5.42. The molecule has 12 heteroatoms. The van der Waals surface area contributed by atoms with Gasteiger partial charge in [-0.05, 0) is 44.0 Å². The van der Waals surface area contributed by atoms with Crippen LogP contribution in [-0.4, -0.2) is 78.1 Å². The Morgan fingerprint density at radius 3 is 2.85 bits per heavy atom. The van der Waals surface area contributed by atoms with Crippen LogP contribution in [0.1, 0.15) is 26.3 Å². The highest BCUT2D eigenvalue weighted by Gasteiger charge is 2.32. The zero-order chi connectivity index (χ0) is 24.0. The van der Waals surface area contributed by atoms with Gasteiger partial charge in [0.15, 0.2) is 0 Å². The minimum Gasteiger partial charge on any atom is -0.479 e. The van der Waals surface area contributed by atoms with Gasteiger partial charge in [0.25, 0.3) is 0 Å². The monoisotopic (exact) mass is 468 g/mol. The Labute approximate surface area is 194 Å². The van der Waals surface area contributed by atoms with E-state index in [0.717, 1.165) is 27.1 Å². The average Bonchev–Trinajstić information content (AvgIpc) is 3.43. The minimum atomic E-state index is -1.37. The van der Waals surface area contributed by atoms with Crippen LogP contribution < -0.4 is 10.1 Å². The Morgan fingerprint density at radius 1 is 1.32 bits per heavy atom. The number of methoxy groups -OCH3 is 1. The van der Waals surface area contributed by atoms with Crippen molar-refractivity contribution in [2.24, 2.45) is 0 Å². The number of nitrogens with one attached hydrogen (secondary N) is 1. The van der Waals surface area contributed by atoms with Crippen LogP contribution in [0.25, 0.3) is 27.7 Å². The second-order valence-corrected chi connectivity index (χ2v) is 8.58. The van der Waals surface area contributed by atoms with Crippen molar-refractivity contribution in [1.82, 2.24) is 34.5 Å². The Morgan fingerprint density at radius 2 is 2.15 bits per heavy atom. The molecule has 0 unspecified atom stereocenters. The van der Waals surface area contributed by atoms with Gasteiger partial charge in [-0.2, -0.15) is 4.98 Å². The van der Waals surface area contributed by atoms with Crippen LogP contribution in [0.5, 0.6) is 5.88 Å². The summed E-state index contributed by atoms with van der Waals surface area (Å²) >= 11 is 0. The molecule has 0 aliphatic carbocycles. The number of amides is 1. The number of halogens is 1. The molecule has 1 saturated heterocycles. The first-order valence-electron chi connectivity index (χ1n) is 11.0. The minimum absolute atomic E-state index is 0.166. The van der Waals surface area contributed by atoms with Gasteiger partial charge in [0.2, 0.25) is 11.8 Å². The van der Waals surface area contributed by atoms with Gasteiger partial charge in [0, 0.05) is 24.3 Å². The lowest BCUT2D eigenvalue weighted by atomic mass is 10.0. The largest absolute Gasteiger partial charge is 0.479 e. The summed E-state index contributed by atoms with van der Waals surface area (Å²) < 4.78 is 23.7. The van der Waals surface area contributed by atoms with E-state index in [-0.39, 0.29) is 25.1 Å².